The van der Waals surface area contributed by atoms with Crippen molar-refractivity contribution in [1.29, 1.82) is 0 Å². The van der Waals surface area contributed by atoms with E-state index in [-0.39, 0.29) is 12.1 Å². The first kappa shape index (κ1) is 18.4. The van der Waals surface area contributed by atoms with Gasteiger partial charge in [0.05, 0.1) is 27.9 Å². The second-order valence-electron chi connectivity index (χ2n) is 7.78. The van der Waals surface area contributed by atoms with E-state index in [1.807, 2.05) is 18.2 Å². The van der Waals surface area contributed by atoms with Crippen molar-refractivity contribution in [3.05, 3.63) is 69.7 Å². The number of ether oxygens (including phenoxy) is 2. The first-order valence-corrected chi connectivity index (χ1v) is 10.7. The normalized spacial score (nSPS) is 27.9. The summed E-state index contributed by atoms with van der Waals surface area (Å²) in [5.74, 6) is 1.65. The van der Waals surface area contributed by atoms with Gasteiger partial charge in [-0.3, -0.25) is 0 Å². The molecule has 0 amide bonds. The molecule has 3 aliphatic rings. The summed E-state index contributed by atoms with van der Waals surface area (Å²) in [4.78, 5) is 0. The van der Waals surface area contributed by atoms with Gasteiger partial charge in [0.15, 0.2) is 0 Å². The molecule has 4 unspecified atom stereocenters. The van der Waals surface area contributed by atoms with Crippen LogP contribution in [-0.2, 0) is 4.74 Å². The number of anilines is 1. The number of hydrogen-bond donors (Lipinski definition) is 1. The van der Waals surface area contributed by atoms with Crippen LogP contribution >= 0.6 is 23.2 Å². The van der Waals surface area contributed by atoms with Crippen LogP contribution in [0.2, 0.25) is 10.0 Å². The highest BCUT2D eigenvalue weighted by Gasteiger charge is 2.40. The van der Waals surface area contributed by atoms with E-state index < -0.39 is 0 Å². The molecule has 0 spiro atoms. The molecule has 2 aromatic carbocycles. The van der Waals surface area contributed by atoms with E-state index in [0.29, 0.717) is 28.5 Å². The molecular weight excluding hydrogens is 393 g/mol. The second-order valence-corrected chi connectivity index (χ2v) is 8.57. The van der Waals surface area contributed by atoms with Gasteiger partial charge in [0.25, 0.3) is 0 Å². The fourth-order valence-corrected chi connectivity index (χ4v) is 5.17. The number of para-hydroxylation sites is 1. The Morgan fingerprint density at radius 3 is 2.82 bits per heavy atom. The van der Waals surface area contributed by atoms with Crippen molar-refractivity contribution in [2.24, 2.45) is 5.92 Å². The van der Waals surface area contributed by atoms with E-state index in [4.69, 9.17) is 32.7 Å². The summed E-state index contributed by atoms with van der Waals surface area (Å²) in [7, 11) is 0. The number of benzene rings is 2. The van der Waals surface area contributed by atoms with E-state index in [0.717, 1.165) is 42.9 Å². The Balaban J connectivity index is 1.50. The molecule has 2 aliphatic heterocycles. The van der Waals surface area contributed by atoms with Crippen LogP contribution in [0.5, 0.6) is 5.75 Å². The van der Waals surface area contributed by atoms with Crippen LogP contribution in [0.1, 0.15) is 42.3 Å². The molecule has 146 valence electrons. The standard InChI is InChI=1S/C23H23Cl2NO2/c24-19-10-2-9-18(21(19)25)22-16-7-1-6-15(16)17-8-3-11-20(23(17)26-22)28-13-14-5-4-12-27-14/h1-3,6,8-11,14-16,22,26H,4-5,7,12-13H2. The van der Waals surface area contributed by atoms with Crippen LogP contribution in [0.3, 0.4) is 0 Å². The molecule has 1 N–H and O–H groups in total. The summed E-state index contributed by atoms with van der Waals surface area (Å²) >= 11 is 12.9. The van der Waals surface area contributed by atoms with Crippen molar-refractivity contribution in [2.75, 3.05) is 18.5 Å². The summed E-state index contributed by atoms with van der Waals surface area (Å²) in [6, 6.07) is 12.3. The molecule has 0 bridgehead atoms. The summed E-state index contributed by atoms with van der Waals surface area (Å²) in [6.07, 6.45) is 7.99. The lowest BCUT2D eigenvalue weighted by atomic mass is 9.77. The maximum atomic E-state index is 6.59. The predicted molar refractivity (Wildman–Crippen MR) is 114 cm³/mol. The monoisotopic (exact) mass is 415 g/mol. The molecule has 28 heavy (non-hydrogen) atoms. The maximum Gasteiger partial charge on any atom is 0.142 e. The highest BCUT2D eigenvalue weighted by Crippen LogP contribution is 2.53. The fraction of sp³-hybridized carbons (Fsp3) is 0.391. The smallest absolute Gasteiger partial charge is 0.142 e. The summed E-state index contributed by atoms with van der Waals surface area (Å²) in [5, 5.41) is 4.98. The third-order valence-electron chi connectivity index (χ3n) is 6.12. The SMILES string of the molecule is Clc1cccc(C2Nc3c(OCC4CCCO4)cccc3C3C=CCC32)c1Cl. The number of halogens is 2. The van der Waals surface area contributed by atoms with E-state index in [2.05, 4.69) is 35.7 Å². The van der Waals surface area contributed by atoms with Gasteiger partial charge in [-0.1, -0.05) is 59.6 Å². The molecule has 1 saturated heterocycles. The lowest BCUT2D eigenvalue weighted by molar-refractivity contribution is 0.0681. The predicted octanol–water partition coefficient (Wildman–Crippen LogP) is 6.38. The van der Waals surface area contributed by atoms with Gasteiger partial charge in [-0.15, -0.1) is 0 Å². The molecular formula is C23H23Cl2NO2. The minimum atomic E-state index is 0.0891. The molecule has 0 radical (unpaired) electrons. The van der Waals surface area contributed by atoms with Crippen molar-refractivity contribution in [3.63, 3.8) is 0 Å². The summed E-state index contributed by atoms with van der Waals surface area (Å²) in [5.41, 5.74) is 3.40. The van der Waals surface area contributed by atoms with E-state index in [9.17, 15) is 0 Å². The number of rotatable bonds is 4. The third-order valence-corrected chi connectivity index (χ3v) is 6.96. The van der Waals surface area contributed by atoms with Crippen LogP contribution in [0.4, 0.5) is 5.69 Å². The number of allylic oxidation sites excluding steroid dienone is 2. The zero-order valence-electron chi connectivity index (χ0n) is 15.5. The lowest BCUT2D eigenvalue weighted by Gasteiger charge is -2.38. The Labute approximate surface area is 175 Å². The van der Waals surface area contributed by atoms with Crippen LogP contribution < -0.4 is 10.1 Å². The Morgan fingerprint density at radius 1 is 1.11 bits per heavy atom. The highest BCUT2D eigenvalue weighted by molar-refractivity contribution is 6.42. The van der Waals surface area contributed by atoms with Crippen molar-refractivity contribution in [2.45, 2.75) is 37.3 Å². The summed E-state index contributed by atoms with van der Waals surface area (Å²) < 4.78 is 11.9. The first-order valence-electron chi connectivity index (χ1n) is 9.97. The minimum absolute atomic E-state index is 0.0891. The van der Waals surface area contributed by atoms with Crippen LogP contribution in [0, 0.1) is 5.92 Å². The Bertz CT molecular complexity index is 907. The molecule has 4 atom stereocenters. The van der Waals surface area contributed by atoms with Gasteiger partial charge in [-0.05, 0) is 48.4 Å². The molecule has 5 heteroatoms. The number of nitrogens with one attached hydrogen (secondary N) is 1. The molecule has 2 aromatic rings. The van der Waals surface area contributed by atoms with Crippen LogP contribution in [0.25, 0.3) is 0 Å². The van der Waals surface area contributed by atoms with Crippen molar-refractivity contribution in [1.82, 2.24) is 0 Å². The van der Waals surface area contributed by atoms with E-state index >= 15 is 0 Å². The molecule has 0 saturated carbocycles. The molecule has 3 nitrogen and oxygen atoms in total. The average molecular weight is 416 g/mol. The zero-order chi connectivity index (χ0) is 19.1. The third kappa shape index (κ3) is 3.20. The van der Waals surface area contributed by atoms with Gasteiger partial charge in [-0.25, -0.2) is 0 Å². The molecule has 1 aliphatic carbocycles. The van der Waals surface area contributed by atoms with Gasteiger partial charge in [0.1, 0.15) is 12.4 Å². The molecule has 2 heterocycles. The Hall–Kier alpha value is -1.68. The van der Waals surface area contributed by atoms with Gasteiger partial charge in [0, 0.05) is 12.5 Å². The van der Waals surface area contributed by atoms with Gasteiger partial charge in [-0.2, -0.15) is 0 Å². The minimum Gasteiger partial charge on any atom is -0.489 e. The largest absolute Gasteiger partial charge is 0.489 e. The lowest BCUT2D eigenvalue weighted by Crippen LogP contribution is -2.30. The quantitative estimate of drug-likeness (QED) is 0.587. The average Bonchev–Trinajstić information content (AvgIpc) is 3.40. The zero-order valence-corrected chi connectivity index (χ0v) is 17.0. The molecule has 1 fully saturated rings. The Kier molecular flexibility index (Phi) is 5.00. The van der Waals surface area contributed by atoms with Crippen molar-refractivity contribution in [3.8, 4) is 5.75 Å². The van der Waals surface area contributed by atoms with Crippen molar-refractivity contribution >= 4 is 28.9 Å². The van der Waals surface area contributed by atoms with Gasteiger partial charge >= 0.3 is 0 Å². The fourth-order valence-electron chi connectivity index (χ4n) is 4.74. The second kappa shape index (κ2) is 7.62. The van der Waals surface area contributed by atoms with Crippen LogP contribution in [-0.4, -0.2) is 19.3 Å². The summed E-state index contributed by atoms with van der Waals surface area (Å²) in [6.45, 7) is 1.42. The first-order chi connectivity index (χ1) is 13.7. The van der Waals surface area contributed by atoms with Gasteiger partial charge in [0.2, 0.25) is 0 Å². The van der Waals surface area contributed by atoms with Crippen molar-refractivity contribution < 1.29 is 9.47 Å². The molecule has 0 aromatic heterocycles. The Morgan fingerprint density at radius 2 is 1.96 bits per heavy atom. The van der Waals surface area contributed by atoms with Crippen LogP contribution in [0.15, 0.2) is 48.6 Å². The van der Waals surface area contributed by atoms with E-state index in [1.54, 1.807) is 0 Å². The number of fused-ring (bicyclic) bond motifs is 3. The maximum absolute atomic E-state index is 6.59. The van der Waals surface area contributed by atoms with E-state index in [1.165, 1.54) is 5.56 Å². The number of hydrogen-bond acceptors (Lipinski definition) is 3. The highest BCUT2D eigenvalue weighted by atomic mass is 35.5. The van der Waals surface area contributed by atoms with Gasteiger partial charge < -0.3 is 14.8 Å². The topological polar surface area (TPSA) is 30.5 Å². The molecule has 5 rings (SSSR count).